The average molecular weight is 420 g/mol. The first kappa shape index (κ1) is 21.4. The molecule has 1 N–H and O–H groups in total. The lowest BCUT2D eigenvalue weighted by molar-refractivity contribution is -0.128. The van der Waals surface area contributed by atoms with Crippen LogP contribution in [0.2, 0.25) is 0 Å². The number of rotatable bonds is 6. The predicted molar refractivity (Wildman–Crippen MR) is 124 cm³/mol. The average Bonchev–Trinajstić information content (AvgIpc) is 3.19. The molecular formula is C26H33N3O2. The topological polar surface area (TPSA) is 52.7 Å². The summed E-state index contributed by atoms with van der Waals surface area (Å²) in [5.74, 6) is 0.962. The minimum absolute atomic E-state index is 0.0650. The van der Waals surface area contributed by atoms with Crippen LogP contribution in [0.15, 0.2) is 48.5 Å². The number of benzene rings is 2. The van der Waals surface area contributed by atoms with Gasteiger partial charge in [-0.05, 0) is 67.5 Å². The largest absolute Gasteiger partial charge is 0.372 e. The second kappa shape index (κ2) is 9.54. The van der Waals surface area contributed by atoms with Gasteiger partial charge in [0.15, 0.2) is 0 Å². The van der Waals surface area contributed by atoms with Crippen LogP contribution in [-0.4, -0.2) is 36.3 Å². The van der Waals surface area contributed by atoms with E-state index in [1.807, 2.05) is 36.1 Å². The van der Waals surface area contributed by atoms with E-state index in [4.69, 9.17) is 0 Å². The summed E-state index contributed by atoms with van der Waals surface area (Å²) in [5, 5.41) is 3.10. The van der Waals surface area contributed by atoms with Crippen LogP contribution in [0.1, 0.15) is 67.1 Å². The molecule has 31 heavy (non-hydrogen) atoms. The first-order valence-corrected chi connectivity index (χ1v) is 11.5. The fourth-order valence-corrected chi connectivity index (χ4v) is 4.46. The van der Waals surface area contributed by atoms with Crippen LogP contribution in [0.4, 0.5) is 5.69 Å². The molecular weight excluding hydrogens is 386 g/mol. The molecule has 0 aromatic heterocycles. The summed E-state index contributed by atoms with van der Waals surface area (Å²) in [4.78, 5) is 28.8. The minimum atomic E-state index is -0.0783. The Morgan fingerprint density at radius 2 is 1.71 bits per heavy atom. The maximum Gasteiger partial charge on any atom is 0.251 e. The highest BCUT2D eigenvalue weighted by atomic mass is 16.2. The van der Waals surface area contributed by atoms with Gasteiger partial charge in [0.05, 0.1) is 6.04 Å². The smallest absolute Gasteiger partial charge is 0.251 e. The van der Waals surface area contributed by atoms with Gasteiger partial charge in [-0.25, -0.2) is 0 Å². The highest BCUT2D eigenvalue weighted by Gasteiger charge is 2.20. The Labute approximate surface area is 185 Å². The van der Waals surface area contributed by atoms with Crippen molar-refractivity contribution in [3.63, 3.8) is 0 Å². The lowest BCUT2D eigenvalue weighted by Gasteiger charge is -2.32. The van der Waals surface area contributed by atoms with Gasteiger partial charge in [0.2, 0.25) is 5.91 Å². The van der Waals surface area contributed by atoms with Crippen LogP contribution in [0.3, 0.4) is 0 Å². The zero-order valence-electron chi connectivity index (χ0n) is 18.6. The normalized spacial score (nSPS) is 18.3. The van der Waals surface area contributed by atoms with Crippen LogP contribution in [0.5, 0.6) is 0 Å². The van der Waals surface area contributed by atoms with Crippen LogP contribution >= 0.6 is 0 Å². The van der Waals surface area contributed by atoms with Crippen molar-refractivity contribution in [1.29, 1.82) is 0 Å². The second-order valence-electron chi connectivity index (χ2n) is 9.07. The van der Waals surface area contributed by atoms with E-state index in [1.54, 1.807) is 0 Å². The van der Waals surface area contributed by atoms with Gasteiger partial charge in [-0.3, -0.25) is 9.59 Å². The Morgan fingerprint density at radius 1 is 1.03 bits per heavy atom. The molecule has 1 atom stereocenters. The van der Waals surface area contributed by atoms with Crippen molar-refractivity contribution >= 4 is 17.5 Å². The SMILES string of the molecule is CC1CCN(c2ccc([C@@H](C)NC(=O)c3ccc(CN4CCCC4=O)cc3)cc2)CC1. The first-order valence-electron chi connectivity index (χ1n) is 11.5. The third-order valence-electron chi connectivity index (χ3n) is 6.65. The highest BCUT2D eigenvalue weighted by Crippen LogP contribution is 2.25. The molecule has 0 saturated carbocycles. The van der Waals surface area contributed by atoms with Crippen molar-refractivity contribution in [1.82, 2.24) is 10.2 Å². The molecule has 2 aliphatic heterocycles. The maximum absolute atomic E-state index is 12.7. The molecule has 5 heteroatoms. The van der Waals surface area contributed by atoms with Gasteiger partial charge in [0, 0.05) is 43.9 Å². The third kappa shape index (κ3) is 5.27. The molecule has 0 radical (unpaired) electrons. The van der Waals surface area contributed by atoms with Crippen molar-refractivity contribution in [3.8, 4) is 0 Å². The number of anilines is 1. The minimum Gasteiger partial charge on any atom is -0.372 e. The molecule has 164 valence electrons. The van der Waals surface area contributed by atoms with E-state index in [0.717, 1.165) is 43.1 Å². The van der Waals surface area contributed by atoms with Crippen molar-refractivity contribution < 1.29 is 9.59 Å². The fraction of sp³-hybridized carbons (Fsp3) is 0.462. The van der Waals surface area contributed by atoms with E-state index in [1.165, 1.54) is 18.5 Å². The molecule has 2 aromatic carbocycles. The number of likely N-dealkylation sites (tertiary alicyclic amines) is 1. The molecule has 0 unspecified atom stereocenters. The van der Waals surface area contributed by atoms with E-state index in [-0.39, 0.29) is 17.9 Å². The van der Waals surface area contributed by atoms with E-state index in [9.17, 15) is 9.59 Å². The van der Waals surface area contributed by atoms with E-state index in [2.05, 4.69) is 41.4 Å². The lowest BCUT2D eigenvalue weighted by atomic mass is 9.98. The summed E-state index contributed by atoms with van der Waals surface area (Å²) in [6, 6.07) is 16.1. The van der Waals surface area contributed by atoms with Gasteiger partial charge >= 0.3 is 0 Å². The number of piperidine rings is 1. The number of nitrogens with one attached hydrogen (secondary N) is 1. The number of amides is 2. The summed E-state index contributed by atoms with van der Waals surface area (Å²) in [6.45, 7) is 8.03. The van der Waals surface area contributed by atoms with E-state index < -0.39 is 0 Å². The molecule has 5 nitrogen and oxygen atoms in total. The maximum atomic E-state index is 12.7. The summed E-state index contributed by atoms with van der Waals surface area (Å²) in [6.07, 6.45) is 4.09. The van der Waals surface area contributed by atoms with Gasteiger partial charge in [0.1, 0.15) is 0 Å². The van der Waals surface area contributed by atoms with Gasteiger partial charge in [-0.1, -0.05) is 31.2 Å². The van der Waals surface area contributed by atoms with Crippen LogP contribution in [-0.2, 0) is 11.3 Å². The number of carbonyl (C=O) groups excluding carboxylic acids is 2. The molecule has 2 saturated heterocycles. The Bertz CT molecular complexity index is 899. The Kier molecular flexibility index (Phi) is 6.59. The first-order chi connectivity index (χ1) is 15.0. The molecule has 2 aromatic rings. The van der Waals surface area contributed by atoms with Gasteiger partial charge in [-0.2, -0.15) is 0 Å². The van der Waals surface area contributed by atoms with Crippen LogP contribution in [0, 0.1) is 5.92 Å². The number of hydrogen-bond donors (Lipinski definition) is 1. The number of hydrogen-bond acceptors (Lipinski definition) is 3. The van der Waals surface area contributed by atoms with Crippen molar-refractivity contribution in [2.24, 2.45) is 5.92 Å². The van der Waals surface area contributed by atoms with Crippen molar-refractivity contribution in [2.45, 2.75) is 52.1 Å². The van der Waals surface area contributed by atoms with Crippen LogP contribution in [0.25, 0.3) is 0 Å². The zero-order chi connectivity index (χ0) is 21.8. The van der Waals surface area contributed by atoms with Crippen molar-refractivity contribution in [3.05, 3.63) is 65.2 Å². The Hall–Kier alpha value is -2.82. The monoisotopic (exact) mass is 419 g/mol. The molecule has 0 aliphatic carbocycles. The second-order valence-corrected chi connectivity index (χ2v) is 9.07. The Balaban J connectivity index is 1.32. The third-order valence-corrected chi connectivity index (χ3v) is 6.65. The van der Waals surface area contributed by atoms with Crippen LogP contribution < -0.4 is 10.2 Å². The summed E-state index contributed by atoms with van der Waals surface area (Å²) < 4.78 is 0. The molecule has 4 rings (SSSR count). The van der Waals surface area contributed by atoms with Crippen molar-refractivity contribution in [2.75, 3.05) is 24.5 Å². The zero-order valence-corrected chi connectivity index (χ0v) is 18.6. The van der Waals surface area contributed by atoms with Gasteiger partial charge in [0.25, 0.3) is 5.91 Å². The number of nitrogens with zero attached hydrogens (tertiary/aromatic N) is 2. The Morgan fingerprint density at radius 3 is 2.32 bits per heavy atom. The quantitative estimate of drug-likeness (QED) is 0.748. The summed E-state index contributed by atoms with van der Waals surface area (Å²) >= 11 is 0. The number of carbonyl (C=O) groups is 2. The van der Waals surface area contributed by atoms with E-state index in [0.29, 0.717) is 18.5 Å². The van der Waals surface area contributed by atoms with Gasteiger partial charge < -0.3 is 15.1 Å². The van der Waals surface area contributed by atoms with E-state index >= 15 is 0 Å². The fourth-order valence-electron chi connectivity index (χ4n) is 4.46. The molecule has 2 aliphatic rings. The predicted octanol–water partition coefficient (Wildman–Crippen LogP) is 4.54. The summed E-state index contributed by atoms with van der Waals surface area (Å²) in [7, 11) is 0. The standard InChI is InChI=1S/C26H33N3O2/c1-19-13-16-28(17-14-19)24-11-9-22(10-12-24)20(2)27-26(31)23-7-5-21(6-8-23)18-29-15-3-4-25(29)30/h5-12,19-20H,3-4,13-18H2,1-2H3,(H,27,31)/t20-/m1/s1. The molecule has 0 spiro atoms. The molecule has 2 fully saturated rings. The molecule has 2 heterocycles. The molecule has 2 amide bonds. The lowest BCUT2D eigenvalue weighted by Crippen LogP contribution is -2.32. The molecule has 0 bridgehead atoms. The summed E-state index contributed by atoms with van der Waals surface area (Å²) in [5.41, 5.74) is 4.07. The van der Waals surface area contributed by atoms with Gasteiger partial charge in [-0.15, -0.1) is 0 Å². The highest BCUT2D eigenvalue weighted by molar-refractivity contribution is 5.94.